The quantitative estimate of drug-likeness (QED) is 0.351. The van der Waals surface area contributed by atoms with Gasteiger partial charge in [-0.3, -0.25) is 4.79 Å². The Hall–Kier alpha value is -2.37. The maximum Gasteiger partial charge on any atom is 0.416 e. The van der Waals surface area contributed by atoms with Gasteiger partial charge in [-0.2, -0.15) is 0 Å². The van der Waals surface area contributed by atoms with Crippen LogP contribution in [0.2, 0.25) is 0 Å². The van der Waals surface area contributed by atoms with Crippen LogP contribution in [0.4, 0.5) is 4.79 Å². The third-order valence-electron chi connectivity index (χ3n) is 2.70. The van der Waals surface area contributed by atoms with Crippen molar-refractivity contribution >= 4 is 18.2 Å². The third-order valence-corrected chi connectivity index (χ3v) is 2.70. The molecular formula is C13H14N2O4. The second-order valence-corrected chi connectivity index (χ2v) is 4.09. The molecule has 0 unspecified atom stereocenters. The normalized spacial score (nSPS) is 15.5. The molecule has 0 aliphatic carbocycles. The van der Waals surface area contributed by atoms with Crippen molar-refractivity contribution in [2.24, 2.45) is 0 Å². The molecule has 0 spiro atoms. The zero-order chi connectivity index (χ0) is 13.7. The van der Waals surface area contributed by atoms with E-state index in [0.29, 0.717) is 4.74 Å². The van der Waals surface area contributed by atoms with Crippen LogP contribution in [-0.4, -0.2) is 47.6 Å². The molecule has 1 aliphatic rings. The van der Waals surface area contributed by atoms with Gasteiger partial charge in [-0.1, -0.05) is 18.2 Å². The fourth-order valence-electron chi connectivity index (χ4n) is 1.73. The van der Waals surface area contributed by atoms with Crippen LogP contribution >= 0.6 is 0 Å². The molecule has 6 heteroatoms. The number of carbonyl (C=O) groups is 2. The molecule has 1 saturated heterocycles. The van der Waals surface area contributed by atoms with Crippen molar-refractivity contribution in [1.29, 1.82) is 0 Å². The van der Waals surface area contributed by atoms with Gasteiger partial charge in [-0.25, -0.2) is 14.4 Å². The van der Waals surface area contributed by atoms with E-state index in [9.17, 15) is 14.8 Å². The van der Waals surface area contributed by atoms with E-state index in [2.05, 4.69) is 4.74 Å². The standard InChI is InChI=1S/C13H14N2O4/c16-12(15-8-9-19-13(15)17)6-7-14(18)10-11-4-2-1-3-5-11/h1-5,10H,6-9H2/b14-10-. The lowest BCUT2D eigenvalue weighted by Gasteiger charge is -2.10. The molecule has 19 heavy (non-hydrogen) atoms. The van der Waals surface area contributed by atoms with Gasteiger partial charge in [0.15, 0.2) is 12.8 Å². The summed E-state index contributed by atoms with van der Waals surface area (Å²) in [5.41, 5.74) is 0.769. The van der Waals surface area contributed by atoms with Crippen LogP contribution in [0.15, 0.2) is 30.3 Å². The molecule has 2 rings (SSSR count). The zero-order valence-electron chi connectivity index (χ0n) is 10.3. The summed E-state index contributed by atoms with van der Waals surface area (Å²) in [4.78, 5) is 23.8. The van der Waals surface area contributed by atoms with Gasteiger partial charge in [0.25, 0.3) is 0 Å². The second-order valence-electron chi connectivity index (χ2n) is 4.09. The molecule has 6 nitrogen and oxygen atoms in total. The minimum Gasteiger partial charge on any atom is -0.624 e. The van der Waals surface area contributed by atoms with Crippen molar-refractivity contribution in [2.45, 2.75) is 6.42 Å². The molecule has 1 aromatic carbocycles. The monoisotopic (exact) mass is 262 g/mol. The maximum atomic E-state index is 11.7. The average molecular weight is 262 g/mol. The first-order valence-electron chi connectivity index (χ1n) is 5.97. The molecule has 0 saturated carbocycles. The molecular weight excluding hydrogens is 248 g/mol. The van der Waals surface area contributed by atoms with E-state index < -0.39 is 6.09 Å². The topological polar surface area (TPSA) is 72.7 Å². The number of imide groups is 1. The molecule has 0 N–H and O–H groups in total. The van der Waals surface area contributed by atoms with E-state index in [1.54, 1.807) is 12.1 Å². The van der Waals surface area contributed by atoms with Crippen molar-refractivity contribution in [3.05, 3.63) is 41.1 Å². The number of benzene rings is 1. The highest BCUT2D eigenvalue weighted by molar-refractivity contribution is 5.92. The highest BCUT2D eigenvalue weighted by Gasteiger charge is 2.28. The molecule has 100 valence electrons. The molecule has 1 fully saturated rings. The Balaban J connectivity index is 1.86. The van der Waals surface area contributed by atoms with Crippen molar-refractivity contribution in [3.8, 4) is 0 Å². The number of amides is 2. The predicted molar refractivity (Wildman–Crippen MR) is 67.8 cm³/mol. The number of hydrogen-bond donors (Lipinski definition) is 0. The van der Waals surface area contributed by atoms with Crippen LogP contribution in [0.5, 0.6) is 0 Å². The fraction of sp³-hybridized carbons (Fsp3) is 0.308. The van der Waals surface area contributed by atoms with Gasteiger partial charge in [0.1, 0.15) is 6.61 Å². The highest BCUT2D eigenvalue weighted by Crippen LogP contribution is 2.05. The molecule has 2 amide bonds. The van der Waals surface area contributed by atoms with Crippen molar-refractivity contribution in [1.82, 2.24) is 4.90 Å². The second kappa shape index (κ2) is 5.99. The van der Waals surface area contributed by atoms with E-state index >= 15 is 0 Å². The molecule has 1 heterocycles. The number of hydroxylamine groups is 1. The molecule has 1 aliphatic heterocycles. The number of carbonyl (C=O) groups excluding carboxylic acids is 2. The van der Waals surface area contributed by atoms with Gasteiger partial charge in [0.2, 0.25) is 5.91 Å². The Labute approximate surface area is 110 Å². The van der Waals surface area contributed by atoms with Crippen LogP contribution in [0.1, 0.15) is 12.0 Å². The van der Waals surface area contributed by atoms with E-state index in [4.69, 9.17) is 0 Å². The Bertz CT molecular complexity index is 499. The van der Waals surface area contributed by atoms with Crippen LogP contribution in [0.3, 0.4) is 0 Å². The van der Waals surface area contributed by atoms with Gasteiger partial charge in [-0.15, -0.1) is 0 Å². The van der Waals surface area contributed by atoms with Crippen LogP contribution in [0.25, 0.3) is 0 Å². The minimum atomic E-state index is -0.630. The summed E-state index contributed by atoms with van der Waals surface area (Å²) in [7, 11) is 0. The van der Waals surface area contributed by atoms with E-state index in [1.807, 2.05) is 18.2 Å². The lowest BCUT2D eigenvalue weighted by molar-refractivity contribution is -0.451. The van der Waals surface area contributed by atoms with Gasteiger partial charge < -0.3 is 9.94 Å². The van der Waals surface area contributed by atoms with Crippen LogP contribution < -0.4 is 0 Å². The first-order valence-corrected chi connectivity index (χ1v) is 5.97. The summed E-state index contributed by atoms with van der Waals surface area (Å²) in [6.07, 6.45) is 0.770. The molecule has 1 aromatic rings. The number of cyclic esters (lactones) is 1. The van der Waals surface area contributed by atoms with Crippen molar-refractivity contribution in [3.63, 3.8) is 0 Å². The SMILES string of the molecule is O=C(CC/[N+]([O-])=C/c1ccccc1)N1CCOC1=O. The zero-order valence-corrected chi connectivity index (χ0v) is 10.3. The third kappa shape index (κ3) is 3.54. The predicted octanol–water partition coefficient (Wildman–Crippen LogP) is 0.985. The Kier molecular flexibility index (Phi) is 4.12. The summed E-state index contributed by atoms with van der Waals surface area (Å²) in [5, 5.41) is 11.6. The largest absolute Gasteiger partial charge is 0.624 e. The Morgan fingerprint density at radius 2 is 2.16 bits per heavy atom. The summed E-state index contributed by atoms with van der Waals surface area (Å²) in [6.45, 7) is 0.498. The van der Waals surface area contributed by atoms with E-state index in [1.165, 1.54) is 6.21 Å². The molecule has 0 radical (unpaired) electrons. The van der Waals surface area contributed by atoms with Gasteiger partial charge in [-0.05, 0) is 12.1 Å². The van der Waals surface area contributed by atoms with Crippen LogP contribution in [-0.2, 0) is 9.53 Å². The first kappa shape index (κ1) is 13.1. The molecule has 0 atom stereocenters. The number of nitrogens with zero attached hydrogens (tertiary/aromatic N) is 2. The van der Waals surface area contributed by atoms with Crippen LogP contribution in [0, 0.1) is 5.21 Å². The fourth-order valence-corrected chi connectivity index (χ4v) is 1.73. The lowest BCUT2D eigenvalue weighted by Crippen LogP contribution is -2.33. The van der Waals surface area contributed by atoms with Gasteiger partial charge in [0.05, 0.1) is 13.0 Å². The average Bonchev–Trinajstić information content (AvgIpc) is 2.83. The Morgan fingerprint density at radius 3 is 2.79 bits per heavy atom. The highest BCUT2D eigenvalue weighted by atomic mass is 16.6. The lowest BCUT2D eigenvalue weighted by atomic mass is 10.2. The minimum absolute atomic E-state index is 0.0114. The van der Waals surface area contributed by atoms with Crippen molar-refractivity contribution in [2.75, 3.05) is 19.7 Å². The summed E-state index contributed by atoms with van der Waals surface area (Å²) >= 11 is 0. The summed E-state index contributed by atoms with van der Waals surface area (Å²) in [5.74, 6) is -0.384. The number of rotatable bonds is 4. The Morgan fingerprint density at radius 1 is 1.42 bits per heavy atom. The summed E-state index contributed by atoms with van der Waals surface area (Å²) < 4.78 is 5.34. The molecule has 0 aromatic heterocycles. The molecule has 0 bridgehead atoms. The first-order chi connectivity index (χ1) is 9.16. The maximum absolute atomic E-state index is 11.7. The summed E-state index contributed by atoms with van der Waals surface area (Å²) in [6, 6.07) is 9.10. The van der Waals surface area contributed by atoms with Gasteiger partial charge in [0, 0.05) is 5.56 Å². The number of ether oxygens (including phenoxy) is 1. The van der Waals surface area contributed by atoms with E-state index in [0.717, 1.165) is 10.5 Å². The van der Waals surface area contributed by atoms with Crippen molar-refractivity contribution < 1.29 is 19.1 Å². The number of hydrogen-bond acceptors (Lipinski definition) is 4. The van der Waals surface area contributed by atoms with Gasteiger partial charge >= 0.3 is 6.09 Å². The van der Waals surface area contributed by atoms with E-state index in [-0.39, 0.29) is 32.0 Å². The smallest absolute Gasteiger partial charge is 0.416 e.